The summed E-state index contributed by atoms with van der Waals surface area (Å²) in [6.45, 7) is 0.699. The molecule has 5 heteroatoms. The van der Waals surface area contributed by atoms with Crippen LogP contribution in [0.15, 0.2) is 46.9 Å². The zero-order chi connectivity index (χ0) is 15.2. The molecule has 2 aromatic carbocycles. The molecule has 0 saturated heterocycles. The third-order valence-electron chi connectivity index (χ3n) is 3.15. The van der Waals surface area contributed by atoms with Crippen molar-refractivity contribution in [1.82, 2.24) is 0 Å². The maximum absolute atomic E-state index is 14.1. The van der Waals surface area contributed by atoms with Crippen LogP contribution in [-0.4, -0.2) is 11.5 Å². The summed E-state index contributed by atoms with van der Waals surface area (Å²) in [6, 6.07) is 13.6. The lowest BCUT2D eigenvalue weighted by Crippen LogP contribution is -2.12. The first-order chi connectivity index (χ1) is 10.1. The van der Waals surface area contributed by atoms with Crippen LogP contribution in [0, 0.1) is 5.82 Å². The summed E-state index contributed by atoms with van der Waals surface area (Å²) in [4.78, 5) is 0.177. The van der Waals surface area contributed by atoms with Crippen molar-refractivity contribution in [3.05, 3.63) is 63.9 Å². The Morgan fingerprint density at radius 1 is 1.19 bits per heavy atom. The van der Waals surface area contributed by atoms with E-state index in [1.807, 2.05) is 18.2 Å². The Labute approximate surface area is 137 Å². The summed E-state index contributed by atoms with van der Waals surface area (Å²) in [5, 5.41) is 3.10. The first kappa shape index (κ1) is 15.9. The number of nitrogens with one attached hydrogen (secondary N) is 1. The second-order valence-electron chi connectivity index (χ2n) is 4.67. The highest BCUT2D eigenvalue weighted by atomic mass is 79.9. The molecule has 0 spiro atoms. The molecule has 2 aromatic rings. The highest BCUT2D eigenvalue weighted by Gasteiger charge is 2.12. The molecule has 2 rings (SSSR count). The van der Waals surface area contributed by atoms with E-state index in [9.17, 15) is 4.39 Å². The Bertz CT molecular complexity index is 632. The van der Waals surface area contributed by atoms with Crippen LogP contribution in [0.2, 0.25) is 0 Å². The van der Waals surface area contributed by atoms with Gasteiger partial charge in [-0.25, -0.2) is 4.39 Å². The molecular formula is C16H16BrFN2S. The molecule has 110 valence electrons. The van der Waals surface area contributed by atoms with Gasteiger partial charge >= 0.3 is 0 Å². The van der Waals surface area contributed by atoms with Gasteiger partial charge in [-0.2, -0.15) is 0 Å². The standard InChI is InChI=1S/C16H16BrFN2S/c17-14-12(16(19)21)8-9-13(15(14)18)20-10-4-7-11-5-2-1-3-6-11/h1-3,5-6,8-9,20H,4,7,10H2,(H2,19,21). The molecule has 2 nitrogen and oxygen atoms in total. The van der Waals surface area contributed by atoms with Crippen LogP contribution in [0.3, 0.4) is 0 Å². The van der Waals surface area contributed by atoms with E-state index < -0.39 is 0 Å². The molecule has 0 heterocycles. The molecule has 0 atom stereocenters. The smallest absolute Gasteiger partial charge is 0.161 e. The zero-order valence-electron chi connectivity index (χ0n) is 11.4. The average Bonchev–Trinajstić information content (AvgIpc) is 2.48. The fourth-order valence-electron chi connectivity index (χ4n) is 2.04. The van der Waals surface area contributed by atoms with Crippen molar-refractivity contribution >= 4 is 38.8 Å². The highest BCUT2D eigenvalue weighted by Crippen LogP contribution is 2.27. The molecule has 0 amide bonds. The molecule has 0 saturated carbocycles. The Hall–Kier alpha value is -1.46. The van der Waals surface area contributed by atoms with Gasteiger partial charge in [0.05, 0.1) is 10.2 Å². The molecule has 3 N–H and O–H groups in total. The second kappa shape index (κ2) is 7.52. The number of nitrogens with two attached hydrogens (primary N) is 1. The SMILES string of the molecule is NC(=S)c1ccc(NCCCc2ccccc2)c(F)c1Br. The van der Waals surface area contributed by atoms with Crippen LogP contribution < -0.4 is 11.1 Å². The van der Waals surface area contributed by atoms with E-state index in [1.54, 1.807) is 12.1 Å². The number of hydrogen-bond acceptors (Lipinski definition) is 2. The average molecular weight is 367 g/mol. The van der Waals surface area contributed by atoms with Crippen molar-refractivity contribution in [3.63, 3.8) is 0 Å². The quantitative estimate of drug-likeness (QED) is 0.592. The van der Waals surface area contributed by atoms with Crippen molar-refractivity contribution in [2.75, 3.05) is 11.9 Å². The van der Waals surface area contributed by atoms with Gasteiger partial charge in [-0.1, -0.05) is 42.5 Å². The molecule has 0 bridgehead atoms. The number of anilines is 1. The van der Waals surface area contributed by atoms with Gasteiger partial charge < -0.3 is 11.1 Å². The van der Waals surface area contributed by atoms with Crippen molar-refractivity contribution in [2.24, 2.45) is 5.73 Å². The number of thiocarbonyl (C=S) groups is 1. The summed E-state index contributed by atoms with van der Waals surface area (Å²) in [6.07, 6.45) is 1.89. The second-order valence-corrected chi connectivity index (χ2v) is 5.90. The Morgan fingerprint density at radius 3 is 2.57 bits per heavy atom. The van der Waals surface area contributed by atoms with E-state index in [-0.39, 0.29) is 10.8 Å². The maximum atomic E-state index is 14.1. The summed E-state index contributed by atoms with van der Waals surface area (Å²) in [5.41, 5.74) is 7.78. The number of rotatable bonds is 6. The monoisotopic (exact) mass is 366 g/mol. The first-order valence-corrected chi connectivity index (χ1v) is 7.85. The van der Waals surface area contributed by atoms with Crippen LogP contribution >= 0.6 is 28.1 Å². The van der Waals surface area contributed by atoms with Crippen LogP contribution in [0.4, 0.5) is 10.1 Å². The Morgan fingerprint density at radius 2 is 1.90 bits per heavy atom. The predicted molar refractivity (Wildman–Crippen MR) is 93.2 cm³/mol. The van der Waals surface area contributed by atoms with E-state index in [0.717, 1.165) is 12.8 Å². The molecule has 0 unspecified atom stereocenters. The normalized spacial score (nSPS) is 10.4. The lowest BCUT2D eigenvalue weighted by atomic mass is 10.1. The van der Waals surface area contributed by atoms with Gasteiger partial charge in [0.15, 0.2) is 5.82 Å². The number of hydrogen-bond donors (Lipinski definition) is 2. The van der Waals surface area contributed by atoms with Crippen LogP contribution in [0.1, 0.15) is 17.5 Å². The molecular weight excluding hydrogens is 351 g/mol. The zero-order valence-corrected chi connectivity index (χ0v) is 13.8. The molecule has 0 fully saturated rings. The van der Waals surface area contributed by atoms with Crippen LogP contribution in [0.5, 0.6) is 0 Å². The van der Waals surface area contributed by atoms with Crippen molar-refractivity contribution in [2.45, 2.75) is 12.8 Å². The Balaban J connectivity index is 1.92. The number of halogens is 2. The summed E-state index contributed by atoms with van der Waals surface area (Å²) in [7, 11) is 0. The summed E-state index contributed by atoms with van der Waals surface area (Å²) >= 11 is 8.07. The minimum Gasteiger partial charge on any atom is -0.389 e. The molecule has 21 heavy (non-hydrogen) atoms. The van der Waals surface area contributed by atoms with E-state index in [2.05, 4.69) is 33.4 Å². The minimum atomic E-state index is -0.361. The van der Waals surface area contributed by atoms with E-state index in [0.29, 0.717) is 22.3 Å². The van der Waals surface area contributed by atoms with Gasteiger partial charge in [0, 0.05) is 12.1 Å². The highest BCUT2D eigenvalue weighted by molar-refractivity contribution is 9.10. The Kier molecular flexibility index (Phi) is 5.70. The lowest BCUT2D eigenvalue weighted by molar-refractivity contribution is 0.622. The topological polar surface area (TPSA) is 38.0 Å². The van der Waals surface area contributed by atoms with Crippen molar-refractivity contribution in [3.8, 4) is 0 Å². The minimum absolute atomic E-state index is 0.177. The molecule has 0 radical (unpaired) electrons. The fraction of sp³-hybridized carbons (Fsp3) is 0.188. The van der Waals surface area contributed by atoms with Crippen LogP contribution in [-0.2, 0) is 6.42 Å². The van der Waals surface area contributed by atoms with Crippen LogP contribution in [0.25, 0.3) is 0 Å². The predicted octanol–water partition coefficient (Wildman–Crippen LogP) is 4.27. The number of benzene rings is 2. The van der Waals surface area contributed by atoms with E-state index in [1.165, 1.54) is 5.56 Å². The van der Waals surface area contributed by atoms with Gasteiger partial charge in [-0.15, -0.1) is 0 Å². The fourth-order valence-corrected chi connectivity index (χ4v) is 2.90. The van der Waals surface area contributed by atoms with E-state index >= 15 is 0 Å². The third-order valence-corrected chi connectivity index (χ3v) is 4.14. The molecule has 0 aliphatic heterocycles. The van der Waals surface area contributed by atoms with Gasteiger partial charge in [0.2, 0.25) is 0 Å². The van der Waals surface area contributed by atoms with Gasteiger partial charge in [0.1, 0.15) is 4.99 Å². The lowest BCUT2D eigenvalue weighted by Gasteiger charge is -2.11. The summed E-state index contributed by atoms with van der Waals surface area (Å²) in [5.74, 6) is -0.361. The largest absolute Gasteiger partial charge is 0.389 e. The van der Waals surface area contributed by atoms with Crippen molar-refractivity contribution in [1.29, 1.82) is 0 Å². The van der Waals surface area contributed by atoms with E-state index in [4.69, 9.17) is 18.0 Å². The van der Waals surface area contributed by atoms with Crippen molar-refractivity contribution < 1.29 is 4.39 Å². The van der Waals surface area contributed by atoms with Gasteiger partial charge in [-0.3, -0.25) is 0 Å². The molecule has 0 aromatic heterocycles. The van der Waals surface area contributed by atoms with Gasteiger partial charge in [0.25, 0.3) is 0 Å². The summed E-state index contributed by atoms with van der Waals surface area (Å²) < 4.78 is 14.5. The molecule has 0 aliphatic carbocycles. The van der Waals surface area contributed by atoms with Gasteiger partial charge in [-0.05, 0) is 46.5 Å². The third kappa shape index (κ3) is 4.25. The first-order valence-electron chi connectivity index (χ1n) is 6.65. The number of aryl methyl sites for hydroxylation is 1. The maximum Gasteiger partial charge on any atom is 0.161 e. The molecule has 0 aliphatic rings.